The quantitative estimate of drug-likeness (QED) is 0.424. The van der Waals surface area contributed by atoms with E-state index >= 15 is 0 Å². The summed E-state index contributed by atoms with van der Waals surface area (Å²) < 4.78 is 57.0. The Balaban J connectivity index is 1.49. The Morgan fingerprint density at radius 2 is 1.95 bits per heavy atom. The molecule has 2 aromatic rings. The molecule has 1 aromatic carbocycles. The van der Waals surface area contributed by atoms with Crippen LogP contribution in [0.25, 0.3) is 0 Å². The maximum atomic E-state index is 13.6. The molecule has 218 valence electrons. The zero-order valence-corrected chi connectivity index (χ0v) is 23.2. The molecule has 0 bridgehead atoms. The number of ether oxygens (including phenoxy) is 3. The molecule has 0 amide bonds. The van der Waals surface area contributed by atoms with Gasteiger partial charge in [-0.05, 0) is 30.7 Å². The third-order valence-electron chi connectivity index (χ3n) is 7.34. The minimum absolute atomic E-state index is 0.0149. The Hall–Kier alpha value is -3.25. The molecule has 1 aromatic heterocycles. The Bertz CT molecular complexity index is 1210. The lowest BCUT2D eigenvalue weighted by Gasteiger charge is -2.40. The molecule has 9 nitrogen and oxygen atoms in total. The predicted molar refractivity (Wildman–Crippen MR) is 144 cm³/mol. The number of hydrogen-bond acceptors (Lipinski definition) is 9. The first-order valence-corrected chi connectivity index (χ1v) is 13.3. The number of halogens is 4. The van der Waals surface area contributed by atoms with Crippen LogP contribution in [0.4, 0.5) is 24.5 Å². The SMILES string of the molecule is COC(=O)C[C@H]1[C@H](C)C(C(F)(F)F)=NN1c1ccc(OC2CCN(c3cc(OC)ncc3Cl)CC2CCO)cc1. The summed E-state index contributed by atoms with van der Waals surface area (Å²) in [6, 6.07) is 7.51. The van der Waals surface area contributed by atoms with E-state index in [1.54, 1.807) is 36.5 Å². The van der Waals surface area contributed by atoms with Gasteiger partial charge in [0.15, 0.2) is 0 Å². The van der Waals surface area contributed by atoms with Gasteiger partial charge in [0.1, 0.15) is 17.6 Å². The Morgan fingerprint density at radius 3 is 2.58 bits per heavy atom. The lowest BCUT2D eigenvalue weighted by atomic mass is 9.91. The summed E-state index contributed by atoms with van der Waals surface area (Å²) in [7, 11) is 2.73. The van der Waals surface area contributed by atoms with Gasteiger partial charge in [-0.15, -0.1) is 0 Å². The summed E-state index contributed by atoms with van der Waals surface area (Å²) in [6.45, 7) is 2.62. The standard InChI is InChI=1S/C27H32ClF3N4O5/c1-16-21(13-25(37)39-3)35(33-26(16)27(29,30)31)18-4-6-19(7-5-18)40-23-8-10-34(15-17(23)9-11-36)22-12-24(38-2)32-14-20(22)28/h4-7,12,14,16-17,21,23,36H,8-11,13,15H2,1-3H3/t16-,17?,21-,23?/m0/s1. The number of carbonyl (C=O) groups is 1. The molecule has 0 aliphatic carbocycles. The van der Waals surface area contributed by atoms with Crippen molar-refractivity contribution in [1.82, 2.24) is 4.98 Å². The average molecular weight is 585 g/mol. The van der Waals surface area contributed by atoms with Crippen LogP contribution in [0.5, 0.6) is 11.6 Å². The van der Waals surface area contributed by atoms with Crippen LogP contribution in [0, 0.1) is 11.8 Å². The van der Waals surface area contributed by atoms with E-state index in [1.807, 2.05) is 0 Å². The van der Waals surface area contributed by atoms with Crippen molar-refractivity contribution in [3.8, 4) is 11.6 Å². The summed E-state index contributed by atoms with van der Waals surface area (Å²) in [4.78, 5) is 18.2. The molecular weight excluding hydrogens is 553 g/mol. The van der Waals surface area contributed by atoms with Crippen molar-refractivity contribution in [2.45, 2.75) is 44.5 Å². The second-order valence-corrected chi connectivity index (χ2v) is 10.2. The largest absolute Gasteiger partial charge is 0.490 e. The van der Waals surface area contributed by atoms with Gasteiger partial charge in [0.25, 0.3) is 0 Å². The number of anilines is 2. The number of piperidine rings is 1. The van der Waals surface area contributed by atoms with Crippen molar-refractivity contribution in [1.29, 1.82) is 0 Å². The second kappa shape index (κ2) is 12.5. The predicted octanol–water partition coefficient (Wildman–Crippen LogP) is 4.71. The van der Waals surface area contributed by atoms with Gasteiger partial charge >= 0.3 is 12.1 Å². The van der Waals surface area contributed by atoms with Crippen molar-refractivity contribution < 1.29 is 37.3 Å². The van der Waals surface area contributed by atoms with E-state index in [-0.39, 0.29) is 25.0 Å². The number of benzene rings is 1. The number of pyridine rings is 1. The summed E-state index contributed by atoms with van der Waals surface area (Å²) in [5.41, 5.74) is 0.252. The van der Waals surface area contributed by atoms with E-state index in [1.165, 1.54) is 26.2 Å². The molecule has 2 aliphatic heterocycles. The molecule has 1 fully saturated rings. The van der Waals surface area contributed by atoms with E-state index in [0.717, 1.165) is 5.69 Å². The number of rotatable bonds is 9. The van der Waals surface area contributed by atoms with E-state index in [9.17, 15) is 23.1 Å². The molecule has 1 saturated heterocycles. The first-order chi connectivity index (χ1) is 19.0. The van der Waals surface area contributed by atoms with E-state index < -0.39 is 29.8 Å². The van der Waals surface area contributed by atoms with Crippen LogP contribution in [0.1, 0.15) is 26.2 Å². The van der Waals surface area contributed by atoms with Crippen molar-refractivity contribution in [3.05, 3.63) is 41.6 Å². The van der Waals surface area contributed by atoms with E-state index in [4.69, 9.17) is 25.8 Å². The van der Waals surface area contributed by atoms with Crippen LogP contribution in [0.15, 0.2) is 41.6 Å². The zero-order chi connectivity index (χ0) is 29.0. The monoisotopic (exact) mass is 584 g/mol. The highest BCUT2D eigenvalue weighted by molar-refractivity contribution is 6.33. The Kier molecular flexibility index (Phi) is 9.29. The van der Waals surface area contributed by atoms with Gasteiger partial charge in [-0.3, -0.25) is 9.80 Å². The third kappa shape index (κ3) is 6.55. The summed E-state index contributed by atoms with van der Waals surface area (Å²) in [5.74, 6) is -0.673. The van der Waals surface area contributed by atoms with Crippen LogP contribution in [0.2, 0.25) is 5.02 Å². The molecular formula is C27H32ClF3N4O5. The number of carbonyl (C=O) groups excluding carboxylic acids is 1. The molecule has 4 rings (SSSR count). The van der Waals surface area contributed by atoms with Crippen LogP contribution < -0.4 is 19.4 Å². The van der Waals surface area contributed by atoms with Gasteiger partial charge in [0.05, 0.1) is 49.3 Å². The Morgan fingerprint density at radius 1 is 1.23 bits per heavy atom. The van der Waals surface area contributed by atoms with Crippen molar-refractivity contribution in [3.63, 3.8) is 0 Å². The fraction of sp³-hybridized carbons (Fsp3) is 0.519. The van der Waals surface area contributed by atoms with Gasteiger partial charge in [-0.25, -0.2) is 4.98 Å². The summed E-state index contributed by atoms with van der Waals surface area (Å²) >= 11 is 6.39. The number of hydrazone groups is 1. The van der Waals surface area contributed by atoms with Crippen LogP contribution in [0.3, 0.4) is 0 Å². The molecule has 3 heterocycles. The van der Waals surface area contributed by atoms with Gasteiger partial charge in [-0.1, -0.05) is 18.5 Å². The third-order valence-corrected chi connectivity index (χ3v) is 7.64. The maximum Gasteiger partial charge on any atom is 0.431 e. The summed E-state index contributed by atoms with van der Waals surface area (Å²) in [5, 5.41) is 15.3. The number of alkyl halides is 3. The highest BCUT2D eigenvalue weighted by atomic mass is 35.5. The fourth-order valence-electron chi connectivity index (χ4n) is 5.20. The number of esters is 1. The average Bonchev–Trinajstić information content (AvgIpc) is 3.26. The highest BCUT2D eigenvalue weighted by Gasteiger charge is 2.49. The van der Waals surface area contributed by atoms with Crippen LogP contribution in [-0.2, 0) is 9.53 Å². The minimum atomic E-state index is -4.62. The lowest BCUT2D eigenvalue weighted by Crippen LogP contribution is -2.46. The molecule has 2 unspecified atom stereocenters. The zero-order valence-electron chi connectivity index (χ0n) is 22.4. The molecule has 2 aliphatic rings. The number of methoxy groups -OCH3 is 2. The Labute approximate surface area is 235 Å². The summed E-state index contributed by atoms with van der Waals surface area (Å²) in [6.07, 6.45) is -2.36. The van der Waals surface area contributed by atoms with Crippen molar-refractivity contribution in [2.75, 3.05) is 43.8 Å². The maximum absolute atomic E-state index is 13.6. The topological polar surface area (TPSA) is 96.7 Å². The van der Waals surface area contributed by atoms with Gasteiger partial charge < -0.3 is 24.2 Å². The van der Waals surface area contributed by atoms with Gasteiger partial charge in [0, 0.05) is 44.0 Å². The molecule has 4 atom stereocenters. The molecule has 0 radical (unpaired) electrons. The number of aliphatic hydroxyl groups is 1. The van der Waals surface area contributed by atoms with Crippen LogP contribution >= 0.6 is 11.6 Å². The second-order valence-electron chi connectivity index (χ2n) is 9.80. The molecule has 0 saturated carbocycles. The number of nitrogens with zero attached hydrogens (tertiary/aromatic N) is 4. The minimum Gasteiger partial charge on any atom is -0.490 e. The number of aliphatic hydroxyl groups excluding tert-OH is 1. The van der Waals surface area contributed by atoms with Crippen molar-refractivity contribution in [2.24, 2.45) is 16.9 Å². The fourth-order valence-corrected chi connectivity index (χ4v) is 5.42. The van der Waals surface area contributed by atoms with E-state index in [2.05, 4.69) is 15.0 Å². The lowest BCUT2D eigenvalue weighted by molar-refractivity contribution is -0.141. The smallest absolute Gasteiger partial charge is 0.431 e. The van der Waals surface area contributed by atoms with E-state index in [0.29, 0.717) is 48.3 Å². The molecule has 13 heteroatoms. The van der Waals surface area contributed by atoms with Gasteiger partial charge in [0.2, 0.25) is 5.88 Å². The van der Waals surface area contributed by atoms with Crippen LogP contribution in [-0.4, -0.2) is 74.0 Å². The first-order valence-electron chi connectivity index (χ1n) is 12.9. The molecule has 40 heavy (non-hydrogen) atoms. The number of hydrogen-bond donors (Lipinski definition) is 1. The van der Waals surface area contributed by atoms with Crippen molar-refractivity contribution >= 4 is 34.7 Å². The van der Waals surface area contributed by atoms with Gasteiger partial charge in [-0.2, -0.15) is 18.3 Å². The molecule has 1 N–H and O–H groups in total. The highest BCUT2D eigenvalue weighted by Crippen LogP contribution is 2.38. The normalized spacial score (nSPS) is 23.1. The first kappa shape index (κ1) is 29.7. The molecule has 0 spiro atoms. The number of aromatic nitrogens is 1.